The van der Waals surface area contributed by atoms with Crippen LogP contribution in [0.2, 0.25) is 0 Å². The van der Waals surface area contributed by atoms with E-state index in [2.05, 4.69) is 17.4 Å². The van der Waals surface area contributed by atoms with Crippen LogP contribution in [0.3, 0.4) is 0 Å². The van der Waals surface area contributed by atoms with Crippen LogP contribution >= 0.6 is 0 Å². The summed E-state index contributed by atoms with van der Waals surface area (Å²) < 4.78 is 42.1. The van der Waals surface area contributed by atoms with E-state index >= 15 is 4.79 Å². The molecule has 5 aromatic rings. The van der Waals surface area contributed by atoms with Crippen LogP contribution in [0, 0.1) is 5.92 Å². The maximum atomic E-state index is 15.0. The van der Waals surface area contributed by atoms with Gasteiger partial charge in [0, 0.05) is 26.0 Å². The first-order valence-electron chi connectivity index (χ1n) is 17.4. The molecule has 6 rings (SSSR count). The second kappa shape index (κ2) is 16.2. The minimum atomic E-state index is -4.25. The zero-order chi connectivity index (χ0) is 36.6. The number of hydrogen-bond donors (Lipinski definition) is 1. The number of sulfonamides is 1. The summed E-state index contributed by atoms with van der Waals surface area (Å²) in [6.45, 7) is 1.99. The Hall–Kier alpha value is -4.87. The smallest absolute Gasteiger partial charge is 0.262 e. The highest BCUT2D eigenvalue weighted by Crippen LogP contribution is 2.41. The van der Waals surface area contributed by atoms with Crippen LogP contribution in [0.4, 0.5) is 0 Å². The van der Waals surface area contributed by atoms with E-state index in [4.69, 9.17) is 14.3 Å². The number of amides is 1. The average molecular weight is 720 g/mol. The van der Waals surface area contributed by atoms with E-state index in [1.807, 2.05) is 91.0 Å². The molecule has 1 N–H and O–H groups in total. The summed E-state index contributed by atoms with van der Waals surface area (Å²) in [6.07, 6.45) is 5.68. The molecule has 1 atom stereocenters. The van der Waals surface area contributed by atoms with Gasteiger partial charge < -0.3 is 9.47 Å². The molecule has 9 nitrogen and oxygen atoms in total. The maximum Gasteiger partial charge on any atom is 0.262 e. The monoisotopic (exact) mass is 719 g/mol. The lowest BCUT2D eigenvalue weighted by Gasteiger charge is -2.42. The Morgan fingerprint density at radius 2 is 1.31 bits per heavy atom. The summed E-state index contributed by atoms with van der Waals surface area (Å²) >= 11 is 0. The number of methoxy groups -OCH3 is 2. The van der Waals surface area contributed by atoms with Gasteiger partial charge in [-0.1, -0.05) is 91.0 Å². The van der Waals surface area contributed by atoms with Gasteiger partial charge in [-0.25, -0.2) is 13.9 Å². The van der Waals surface area contributed by atoms with Crippen LogP contribution in [-0.4, -0.2) is 49.5 Å². The minimum absolute atomic E-state index is 0.0471. The van der Waals surface area contributed by atoms with Gasteiger partial charge in [-0.15, -0.1) is 0 Å². The Kier molecular flexibility index (Phi) is 11.5. The Morgan fingerprint density at radius 1 is 0.808 bits per heavy atom. The van der Waals surface area contributed by atoms with Gasteiger partial charge in [0.05, 0.1) is 17.6 Å². The fourth-order valence-corrected chi connectivity index (χ4v) is 8.75. The van der Waals surface area contributed by atoms with Crippen molar-refractivity contribution in [3.8, 4) is 5.75 Å². The summed E-state index contributed by atoms with van der Waals surface area (Å²) in [7, 11) is -1.04. The Morgan fingerprint density at radius 3 is 1.77 bits per heavy atom. The lowest BCUT2D eigenvalue weighted by Crippen LogP contribution is -2.55. The fraction of sp³-hybridized carbons (Fsp3) is 0.286. The lowest BCUT2D eigenvalue weighted by atomic mass is 9.76. The number of carbonyl (C=O) groups excluding carboxylic acids is 1. The number of hydroxylamine groups is 1. The summed E-state index contributed by atoms with van der Waals surface area (Å²) in [5, 5.41) is 0. The fourth-order valence-electron chi connectivity index (χ4n) is 7.12. The first kappa shape index (κ1) is 36.9. The Balaban J connectivity index is 1.46. The van der Waals surface area contributed by atoms with Gasteiger partial charge in [0.25, 0.3) is 5.91 Å². The van der Waals surface area contributed by atoms with Crippen molar-refractivity contribution in [1.82, 2.24) is 14.8 Å². The molecule has 270 valence electrons. The van der Waals surface area contributed by atoms with Gasteiger partial charge in [-0.3, -0.25) is 14.6 Å². The second-order valence-electron chi connectivity index (χ2n) is 13.4. The number of nitrogens with zero attached hydrogens (tertiary/aromatic N) is 2. The van der Waals surface area contributed by atoms with Gasteiger partial charge in [0.15, 0.2) is 5.60 Å². The highest BCUT2D eigenvalue weighted by molar-refractivity contribution is 7.89. The predicted molar refractivity (Wildman–Crippen MR) is 200 cm³/mol. The lowest BCUT2D eigenvalue weighted by molar-refractivity contribution is -0.150. The van der Waals surface area contributed by atoms with Crippen molar-refractivity contribution in [2.45, 2.75) is 61.3 Å². The van der Waals surface area contributed by atoms with Crippen molar-refractivity contribution in [2.24, 2.45) is 5.92 Å². The van der Waals surface area contributed by atoms with Crippen LogP contribution in [0.5, 0.6) is 5.75 Å². The van der Waals surface area contributed by atoms with Gasteiger partial charge in [0.2, 0.25) is 10.0 Å². The predicted octanol–water partition coefficient (Wildman–Crippen LogP) is 7.28. The van der Waals surface area contributed by atoms with Crippen molar-refractivity contribution in [3.63, 3.8) is 0 Å². The van der Waals surface area contributed by atoms with Crippen molar-refractivity contribution >= 4 is 15.9 Å². The number of rotatable bonds is 14. The number of ether oxygens (including phenoxy) is 2. The molecule has 0 bridgehead atoms. The summed E-state index contributed by atoms with van der Waals surface area (Å²) in [5.41, 5.74) is 4.27. The van der Waals surface area contributed by atoms with Crippen molar-refractivity contribution < 1.29 is 27.5 Å². The number of carbonyl (C=O) groups is 1. The zero-order valence-corrected chi connectivity index (χ0v) is 30.5. The van der Waals surface area contributed by atoms with Crippen LogP contribution in [0.25, 0.3) is 0 Å². The molecule has 0 spiro atoms. The highest BCUT2D eigenvalue weighted by Gasteiger charge is 2.46. The maximum absolute atomic E-state index is 15.0. The standard InChI is InChI=1S/C42H45N3O6S/c1-41(50-3)27-23-33(24-28-41)39(45(31-32-25-29-43-30-26-32)52(47,48)38-21-19-37(49-2)20-22-38)40(46)44-51-42(34-13-7-4-8-14-34,35-15-9-5-10-16-35)36-17-11-6-12-18-36/h4-22,25-26,29-30,33,39H,23-24,27-28,31H2,1-3H3,(H,44,46)/t33?,39-,41?/m1/s1. The molecular weight excluding hydrogens is 675 g/mol. The molecular formula is C42H45N3O6S. The molecule has 1 aromatic heterocycles. The van der Waals surface area contributed by atoms with E-state index < -0.39 is 27.6 Å². The molecule has 1 aliphatic rings. The third kappa shape index (κ3) is 7.80. The molecule has 0 radical (unpaired) electrons. The van der Waals surface area contributed by atoms with Crippen LogP contribution < -0.4 is 10.2 Å². The molecule has 1 fully saturated rings. The summed E-state index contributed by atoms with van der Waals surface area (Å²) in [5.74, 6) is -0.391. The van der Waals surface area contributed by atoms with E-state index in [9.17, 15) is 8.42 Å². The number of hydrogen-bond acceptors (Lipinski definition) is 7. The molecule has 0 saturated heterocycles. The summed E-state index contributed by atoms with van der Waals surface area (Å²) in [4.78, 5) is 26.0. The largest absolute Gasteiger partial charge is 0.497 e. The Bertz CT molecular complexity index is 1890. The molecule has 1 saturated carbocycles. The third-order valence-electron chi connectivity index (χ3n) is 10.2. The van der Waals surface area contributed by atoms with Gasteiger partial charge in [-0.2, -0.15) is 4.31 Å². The zero-order valence-electron chi connectivity index (χ0n) is 29.7. The molecule has 1 amide bonds. The summed E-state index contributed by atoms with van der Waals surface area (Å²) in [6, 6.07) is 37.7. The molecule has 1 heterocycles. The minimum Gasteiger partial charge on any atom is -0.497 e. The van der Waals surface area contributed by atoms with Crippen molar-refractivity contribution in [1.29, 1.82) is 0 Å². The van der Waals surface area contributed by atoms with Crippen molar-refractivity contribution in [2.75, 3.05) is 14.2 Å². The van der Waals surface area contributed by atoms with Crippen LogP contribution in [0.15, 0.2) is 145 Å². The highest BCUT2D eigenvalue weighted by atomic mass is 32.2. The first-order chi connectivity index (χ1) is 25.2. The molecule has 52 heavy (non-hydrogen) atoms. The second-order valence-corrected chi connectivity index (χ2v) is 15.3. The third-order valence-corrected chi connectivity index (χ3v) is 12.0. The molecule has 0 unspecified atom stereocenters. The average Bonchev–Trinajstić information content (AvgIpc) is 3.20. The number of aromatic nitrogens is 1. The molecule has 4 aromatic carbocycles. The first-order valence-corrected chi connectivity index (χ1v) is 18.9. The molecule has 10 heteroatoms. The van der Waals surface area contributed by atoms with Crippen LogP contribution in [0.1, 0.15) is 54.9 Å². The van der Waals surface area contributed by atoms with E-state index in [0.717, 1.165) is 16.7 Å². The van der Waals surface area contributed by atoms with Crippen molar-refractivity contribution in [3.05, 3.63) is 162 Å². The van der Waals surface area contributed by atoms with E-state index in [-0.39, 0.29) is 23.0 Å². The van der Waals surface area contributed by atoms with Crippen LogP contribution in [-0.2, 0) is 36.5 Å². The molecule has 0 aliphatic heterocycles. The van der Waals surface area contributed by atoms with Gasteiger partial charge >= 0.3 is 0 Å². The quantitative estimate of drug-likeness (QED) is 0.0950. The van der Waals surface area contributed by atoms with E-state index in [1.54, 1.807) is 43.8 Å². The number of nitrogens with one attached hydrogen (secondary N) is 1. The SMILES string of the molecule is COc1ccc(S(=O)(=O)N(Cc2ccncc2)[C@@H](C(=O)NOC(c2ccccc2)(c2ccccc2)c2ccccc2)C2CCC(C)(OC)CC2)cc1. The molecule has 1 aliphatic carbocycles. The van der Waals surface area contributed by atoms with Gasteiger partial charge in [0.1, 0.15) is 11.8 Å². The topological polar surface area (TPSA) is 107 Å². The normalized spacial score (nSPS) is 18.4. The number of pyridine rings is 1. The van der Waals surface area contributed by atoms with Gasteiger partial charge in [-0.05, 0) is 97.2 Å². The van der Waals surface area contributed by atoms with E-state index in [0.29, 0.717) is 37.0 Å². The Labute approximate surface area is 306 Å². The van der Waals surface area contributed by atoms with E-state index in [1.165, 1.54) is 23.5 Å². The number of benzene rings is 4.